The number of nitrogens with one attached hydrogen (secondary N) is 2. The van der Waals surface area contributed by atoms with Crippen molar-refractivity contribution in [1.29, 1.82) is 5.26 Å². The maximum absolute atomic E-state index is 13.5. The summed E-state index contributed by atoms with van der Waals surface area (Å²) in [5.74, 6) is 0.204. The molecular formula is C17H16F3N3O2S. The second-order valence-corrected chi connectivity index (χ2v) is 7.97. The summed E-state index contributed by atoms with van der Waals surface area (Å²) in [6.07, 6.45) is -2.96. The molecule has 0 amide bonds. The van der Waals surface area contributed by atoms with Gasteiger partial charge in [-0.25, -0.2) is 13.1 Å². The largest absolute Gasteiger partial charge is 0.417 e. The number of aromatic nitrogens is 1. The molecule has 1 aromatic carbocycles. The van der Waals surface area contributed by atoms with Gasteiger partial charge in [0.1, 0.15) is 0 Å². The summed E-state index contributed by atoms with van der Waals surface area (Å²) in [5, 5.41) is 8.68. The lowest BCUT2D eigenvalue weighted by molar-refractivity contribution is -0.139. The average molecular weight is 383 g/mol. The monoisotopic (exact) mass is 383 g/mol. The number of rotatable bonds is 6. The first-order valence-corrected chi connectivity index (χ1v) is 9.45. The fourth-order valence-electron chi connectivity index (χ4n) is 2.58. The molecule has 0 atom stereocenters. The minimum atomic E-state index is -4.82. The second kappa shape index (κ2) is 6.78. The third-order valence-electron chi connectivity index (χ3n) is 4.16. The van der Waals surface area contributed by atoms with Crippen molar-refractivity contribution in [3.63, 3.8) is 0 Å². The van der Waals surface area contributed by atoms with Gasteiger partial charge in [0.15, 0.2) is 0 Å². The van der Waals surface area contributed by atoms with Crippen molar-refractivity contribution < 1.29 is 21.6 Å². The van der Waals surface area contributed by atoms with Crippen molar-refractivity contribution in [3.8, 4) is 17.3 Å². The highest BCUT2D eigenvalue weighted by atomic mass is 32.2. The summed E-state index contributed by atoms with van der Waals surface area (Å²) < 4.78 is 67.3. The number of H-pyrrole nitrogens is 1. The second-order valence-electron chi connectivity index (χ2n) is 6.24. The number of alkyl halides is 3. The number of sulfonamides is 1. The smallest absolute Gasteiger partial charge is 0.358 e. The number of nitriles is 1. The topological polar surface area (TPSA) is 85.8 Å². The highest BCUT2D eigenvalue weighted by Crippen LogP contribution is 2.37. The first-order chi connectivity index (χ1) is 12.2. The van der Waals surface area contributed by atoms with Crippen LogP contribution in [-0.2, 0) is 22.6 Å². The van der Waals surface area contributed by atoms with E-state index in [9.17, 15) is 21.6 Å². The number of nitrogens with zero attached hydrogens (tertiary/aromatic N) is 1. The quantitative estimate of drug-likeness (QED) is 0.801. The molecule has 0 aliphatic heterocycles. The van der Waals surface area contributed by atoms with Gasteiger partial charge in [-0.1, -0.05) is 6.07 Å². The summed E-state index contributed by atoms with van der Waals surface area (Å²) in [6, 6.07) is 8.21. The maximum atomic E-state index is 13.5. The fraction of sp³-hybridized carbons (Fsp3) is 0.353. The zero-order valence-electron chi connectivity index (χ0n) is 13.6. The van der Waals surface area contributed by atoms with Gasteiger partial charge in [-0.2, -0.15) is 18.4 Å². The molecule has 1 fully saturated rings. The van der Waals surface area contributed by atoms with E-state index in [1.807, 2.05) is 6.07 Å². The lowest BCUT2D eigenvalue weighted by Crippen LogP contribution is -2.28. The fourth-order valence-corrected chi connectivity index (χ4v) is 3.90. The van der Waals surface area contributed by atoms with E-state index >= 15 is 0 Å². The van der Waals surface area contributed by atoms with Gasteiger partial charge in [0, 0.05) is 17.9 Å². The molecule has 1 aliphatic rings. The molecule has 5 nitrogen and oxygen atoms in total. The highest BCUT2D eigenvalue weighted by Gasteiger charge is 2.38. The van der Waals surface area contributed by atoms with E-state index in [2.05, 4.69) is 9.71 Å². The van der Waals surface area contributed by atoms with E-state index in [0.717, 1.165) is 25.0 Å². The normalized spacial score (nSPS) is 15.0. The highest BCUT2D eigenvalue weighted by molar-refractivity contribution is 7.89. The zero-order chi connectivity index (χ0) is 18.9. The number of hydrogen-bond acceptors (Lipinski definition) is 3. The van der Waals surface area contributed by atoms with Crippen LogP contribution in [0, 0.1) is 17.2 Å². The molecule has 138 valence electrons. The third kappa shape index (κ3) is 4.08. The summed E-state index contributed by atoms with van der Waals surface area (Å²) in [4.78, 5) is 2.08. The lowest BCUT2D eigenvalue weighted by atomic mass is 10.1. The van der Waals surface area contributed by atoms with Crippen molar-refractivity contribution in [2.75, 3.05) is 6.54 Å². The molecule has 0 saturated heterocycles. The molecule has 0 unspecified atom stereocenters. The number of benzene rings is 1. The van der Waals surface area contributed by atoms with Crippen LogP contribution in [0.1, 0.15) is 24.1 Å². The Hall–Kier alpha value is -2.31. The maximum Gasteiger partial charge on any atom is 0.417 e. The van der Waals surface area contributed by atoms with Crippen molar-refractivity contribution in [3.05, 3.63) is 41.6 Å². The van der Waals surface area contributed by atoms with Crippen LogP contribution in [-0.4, -0.2) is 19.9 Å². The van der Waals surface area contributed by atoms with Crippen molar-refractivity contribution >= 4 is 10.0 Å². The molecule has 1 saturated carbocycles. The van der Waals surface area contributed by atoms with Gasteiger partial charge < -0.3 is 4.98 Å². The molecule has 26 heavy (non-hydrogen) atoms. The molecule has 1 aliphatic carbocycles. The minimum Gasteiger partial charge on any atom is -0.358 e. The Morgan fingerprint density at radius 1 is 1.23 bits per heavy atom. The van der Waals surface area contributed by atoms with Gasteiger partial charge in [-0.05, 0) is 48.6 Å². The summed E-state index contributed by atoms with van der Waals surface area (Å²) in [7, 11) is -4.25. The average Bonchev–Trinajstić information content (AvgIpc) is 3.30. The van der Waals surface area contributed by atoms with Crippen LogP contribution in [0.15, 0.2) is 35.2 Å². The summed E-state index contributed by atoms with van der Waals surface area (Å²) >= 11 is 0. The first kappa shape index (κ1) is 18.5. The van der Waals surface area contributed by atoms with E-state index in [0.29, 0.717) is 11.4 Å². The zero-order valence-corrected chi connectivity index (χ0v) is 14.4. The first-order valence-electron chi connectivity index (χ1n) is 7.97. The van der Waals surface area contributed by atoms with Crippen molar-refractivity contribution in [2.24, 2.45) is 5.92 Å². The van der Waals surface area contributed by atoms with E-state index in [1.54, 1.807) is 12.1 Å². The van der Waals surface area contributed by atoms with Crippen LogP contribution in [0.4, 0.5) is 13.2 Å². The molecule has 3 rings (SSSR count). The minimum absolute atomic E-state index is 0.101. The Labute approximate surface area is 148 Å². The Balaban J connectivity index is 1.99. The Bertz CT molecular complexity index is 954. The molecular weight excluding hydrogens is 367 g/mol. The number of hydrogen-bond donors (Lipinski definition) is 2. The van der Waals surface area contributed by atoms with Crippen molar-refractivity contribution in [1.82, 2.24) is 9.71 Å². The molecule has 0 spiro atoms. The van der Waals surface area contributed by atoms with Crippen LogP contribution in [0.2, 0.25) is 0 Å². The van der Waals surface area contributed by atoms with E-state index < -0.39 is 26.7 Å². The SMILES string of the molecule is N#CCc1ccc(-c2ccc(S(=O)(=O)NCC3CC3)c(C(F)(F)F)c2)[nH]1. The predicted octanol–water partition coefficient (Wildman–Crippen LogP) is 3.45. The summed E-state index contributed by atoms with van der Waals surface area (Å²) in [6.45, 7) is 0.148. The molecule has 0 radical (unpaired) electrons. The van der Waals surface area contributed by atoms with E-state index in [4.69, 9.17) is 5.26 Å². The molecule has 1 heterocycles. The van der Waals surface area contributed by atoms with Gasteiger partial charge in [0.05, 0.1) is 22.9 Å². The van der Waals surface area contributed by atoms with E-state index in [-0.39, 0.29) is 24.4 Å². The van der Waals surface area contributed by atoms with Crippen LogP contribution < -0.4 is 4.72 Å². The third-order valence-corrected chi connectivity index (χ3v) is 5.64. The molecule has 9 heteroatoms. The van der Waals surface area contributed by atoms with Crippen LogP contribution in [0.25, 0.3) is 11.3 Å². The van der Waals surface area contributed by atoms with Gasteiger partial charge in [-0.3, -0.25) is 0 Å². The molecule has 2 N–H and O–H groups in total. The van der Waals surface area contributed by atoms with Crippen LogP contribution >= 0.6 is 0 Å². The number of aromatic amines is 1. The Morgan fingerprint density at radius 2 is 1.96 bits per heavy atom. The standard InChI is InChI=1S/C17H16F3N3O2S/c18-17(19,20)14-9-12(15-5-4-13(23-15)7-8-21)3-6-16(14)26(24,25)22-10-11-1-2-11/h3-6,9,11,22-23H,1-2,7,10H2. The summed E-state index contributed by atoms with van der Waals surface area (Å²) in [5.41, 5.74) is -0.0631. The van der Waals surface area contributed by atoms with Gasteiger partial charge >= 0.3 is 6.18 Å². The molecule has 2 aromatic rings. The van der Waals surface area contributed by atoms with Gasteiger partial charge in [0.25, 0.3) is 0 Å². The number of halogens is 3. The van der Waals surface area contributed by atoms with Crippen molar-refractivity contribution in [2.45, 2.75) is 30.3 Å². The van der Waals surface area contributed by atoms with Gasteiger partial charge in [-0.15, -0.1) is 0 Å². The van der Waals surface area contributed by atoms with Crippen LogP contribution in [0.5, 0.6) is 0 Å². The predicted molar refractivity (Wildman–Crippen MR) is 88.5 cm³/mol. The Kier molecular flexibility index (Phi) is 4.82. The van der Waals surface area contributed by atoms with E-state index in [1.165, 1.54) is 6.07 Å². The molecule has 1 aromatic heterocycles. The van der Waals surface area contributed by atoms with Gasteiger partial charge in [0.2, 0.25) is 10.0 Å². The Morgan fingerprint density at radius 3 is 2.58 bits per heavy atom. The molecule has 0 bridgehead atoms. The van der Waals surface area contributed by atoms with Crippen LogP contribution in [0.3, 0.4) is 0 Å². The lowest BCUT2D eigenvalue weighted by Gasteiger charge is -2.15.